The van der Waals surface area contributed by atoms with Crippen molar-refractivity contribution in [2.75, 3.05) is 13.1 Å². The highest BCUT2D eigenvalue weighted by Gasteiger charge is 2.24. The lowest BCUT2D eigenvalue weighted by atomic mass is 10.1. The standard InChI is InChI=1S/C11H14BrNO2S/c12-10-3-9(7-16-10)6-13-2-1-8(5-13)4-11(14)15/h3,7-8H,1-2,4-6H2,(H,14,15). The molecule has 1 aliphatic rings. The van der Waals surface area contributed by atoms with Crippen molar-refractivity contribution in [3.63, 3.8) is 0 Å². The van der Waals surface area contributed by atoms with Gasteiger partial charge in [0, 0.05) is 19.5 Å². The summed E-state index contributed by atoms with van der Waals surface area (Å²) in [5, 5.41) is 10.9. The second-order valence-electron chi connectivity index (χ2n) is 4.25. The van der Waals surface area contributed by atoms with Gasteiger partial charge in [-0.2, -0.15) is 0 Å². The number of rotatable bonds is 4. The second-order valence-corrected chi connectivity index (χ2v) is 6.54. The molecule has 0 bridgehead atoms. The molecule has 3 nitrogen and oxygen atoms in total. The van der Waals surface area contributed by atoms with E-state index < -0.39 is 5.97 Å². The minimum Gasteiger partial charge on any atom is -0.481 e. The SMILES string of the molecule is O=C(O)CC1CCN(Cc2csc(Br)c2)C1. The molecule has 0 saturated carbocycles. The monoisotopic (exact) mass is 303 g/mol. The summed E-state index contributed by atoms with van der Waals surface area (Å²) >= 11 is 5.14. The molecule has 0 aliphatic carbocycles. The molecule has 16 heavy (non-hydrogen) atoms. The Morgan fingerprint density at radius 1 is 1.69 bits per heavy atom. The van der Waals surface area contributed by atoms with E-state index in [2.05, 4.69) is 32.3 Å². The number of halogens is 1. The molecule has 2 rings (SSSR count). The Hall–Kier alpha value is -0.390. The molecule has 5 heteroatoms. The Balaban J connectivity index is 1.82. The predicted molar refractivity (Wildman–Crippen MR) is 67.7 cm³/mol. The topological polar surface area (TPSA) is 40.5 Å². The first-order valence-electron chi connectivity index (χ1n) is 5.30. The zero-order chi connectivity index (χ0) is 11.5. The highest BCUT2D eigenvalue weighted by atomic mass is 79.9. The molecule has 1 unspecified atom stereocenters. The first-order chi connectivity index (χ1) is 7.63. The minimum absolute atomic E-state index is 0.309. The van der Waals surface area contributed by atoms with Crippen LogP contribution < -0.4 is 0 Å². The van der Waals surface area contributed by atoms with Crippen LogP contribution >= 0.6 is 27.3 Å². The molecular weight excluding hydrogens is 290 g/mol. The van der Waals surface area contributed by atoms with Crippen molar-refractivity contribution in [3.05, 3.63) is 20.8 Å². The van der Waals surface area contributed by atoms with Crippen LogP contribution in [0.1, 0.15) is 18.4 Å². The molecule has 1 atom stereocenters. The Kier molecular flexibility index (Phi) is 4.00. The average Bonchev–Trinajstić information content (AvgIpc) is 2.76. The van der Waals surface area contributed by atoms with Gasteiger partial charge in [0.25, 0.3) is 0 Å². The van der Waals surface area contributed by atoms with Gasteiger partial charge in [0.2, 0.25) is 0 Å². The molecule has 1 aliphatic heterocycles. The molecular formula is C11H14BrNO2S. The maximum Gasteiger partial charge on any atom is 0.303 e. The number of aliphatic carboxylic acids is 1. The van der Waals surface area contributed by atoms with Crippen molar-refractivity contribution >= 4 is 33.2 Å². The Morgan fingerprint density at radius 3 is 3.12 bits per heavy atom. The third-order valence-electron chi connectivity index (χ3n) is 2.86. The largest absolute Gasteiger partial charge is 0.481 e. The van der Waals surface area contributed by atoms with Gasteiger partial charge in [-0.1, -0.05) is 0 Å². The van der Waals surface area contributed by atoms with Gasteiger partial charge in [-0.05, 0) is 51.8 Å². The fourth-order valence-electron chi connectivity index (χ4n) is 2.16. The summed E-state index contributed by atoms with van der Waals surface area (Å²) in [5.74, 6) is -0.343. The third kappa shape index (κ3) is 3.30. The van der Waals surface area contributed by atoms with E-state index >= 15 is 0 Å². The number of hydrogen-bond donors (Lipinski definition) is 1. The van der Waals surface area contributed by atoms with Crippen LogP contribution in [0.2, 0.25) is 0 Å². The van der Waals surface area contributed by atoms with Crippen molar-refractivity contribution in [2.24, 2.45) is 5.92 Å². The highest BCUT2D eigenvalue weighted by molar-refractivity contribution is 9.11. The summed E-state index contributed by atoms with van der Waals surface area (Å²) in [4.78, 5) is 12.9. The van der Waals surface area contributed by atoms with Gasteiger partial charge in [-0.3, -0.25) is 9.69 Å². The third-order valence-corrected chi connectivity index (χ3v) is 4.41. The minimum atomic E-state index is -0.676. The maximum atomic E-state index is 10.6. The summed E-state index contributed by atoms with van der Waals surface area (Å²) in [6, 6.07) is 2.13. The Bertz CT molecular complexity index is 380. The molecule has 1 aromatic heterocycles. The van der Waals surface area contributed by atoms with E-state index in [4.69, 9.17) is 5.11 Å². The van der Waals surface area contributed by atoms with E-state index in [0.29, 0.717) is 12.3 Å². The lowest BCUT2D eigenvalue weighted by molar-refractivity contribution is -0.138. The van der Waals surface area contributed by atoms with Gasteiger partial charge < -0.3 is 5.11 Å². The molecule has 1 fully saturated rings. The van der Waals surface area contributed by atoms with Crippen LogP contribution in [0, 0.1) is 5.92 Å². The van der Waals surface area contributed by atoms with Crippen molar-refractivity contribution in [3.8, 4) is 0 Å². The lowest BCUT2D eigenvalue weighted by Gasteiger charge is -2.14. The van der Waals surface area contributed by atoms with Gasteiger partial charge >= 0.3 is 5.97 Å². The quantitative estimate of drug-likeness (QED) is 0.930. The van der Waals surface area contributed by atoms with E-state index in [-0.39, 0.29) is 0 Å². The van der Waals surface area contributed by atoms with E-state index in [9.17, 15) is 4.79 Å². The normalized spacial score (nSPS) is 21.4. The smallest absolute Gasteiger partial charge is 0.303 e. The molecule has 0 amide bonds. The molecule has 1 N–H and O–H groups in total. The number of carboxylic acid groups (broad SMARTS) is 1. The summed E-state index contributed by atoms with van der Waals surface area (Å²) in [7, 11) is 0. The van der Waals surface area contributed by atoms with Crippen LogP contribution in [0.15, 0.2) is 15.2 Å². The van der Waals surface area contributed by atoms with E-state index in [1.807, 2.05) is 0 Å². The summed E-state index contributed by atoms with van der Waals surface area (Å²) < 4.78 is 1.16. The zero-order valence-corrected chi connectivity index (χ0v) is 11.3. The highest BCUT2D eigenvalue weighted by Crippen LogP contribution is 2.25. The fourth-order valence-corrected chi connectivity index (χ4v) is 3.36. The number of nitrogens with zero attached hydrogens (tertiary/aromatic N) is 1. The lowest BCUT2D eigenvalue weighted by Crippen LogP contribution is -2.20. The molecule has 0 radical (unpaired) electrons. The number of carbonyl (C=O) groups is 1. The molecule has 1 aromatic rings. The van der Waals surface area contributed by atoms with Crippen LogP contribution in [0.3, 0.4) is 0 Å². The van der Waals surface area contributed by atoms with Gasteiger partial charge in [-0.25, -0.2) is 0 Å². The number of thiophene rings is 1. The average molecular weight is 304 g/mol. The van der Waals surface area contributed by atoms with Gasteiger partial charge in [0.15, 0.2) is 0 Å². The van der Waals surface area contributed by atoms with E-state index in [0.717, 1.165) is 29.8 Å². The summed E-state index contributed by atoms with van der Waals surface area (Å²) in [6.45, 7) is 2.88. The Morgan fingerprint density at radius 2 is 2.50 bits per heavy atom. The predicted octanol–water partition coefficient (Wildman–Crippen LogP) is 2.81. The van der Waals surface area contributed by atoms with Crippen LogP contribution in [0.25, 0.3) is 0 Å². The molecule has 1 saturated heterocycles. The number of likely N-dealkylation sites (tertiary alicyclic amines) is 1. The van der Waals surface area contributed by atoms with Gasteiger partial charge in [-0.15, -0.1) is 11.3 Å². The van der Waals surface area contributed by atoms with Crippen molar-refractivity contribution in [2.45, 2.75) is 19.4 Å². The van der Waals surface area contributed by atoms with Gasteiger partial charge in [0.05, 0.1) is 3.79 Å². The first kappa shape index (κ1) is 12.1. The van der Waals surface area contributed by atoms with Crippen molar-refractivity contribution in [1.29, 1.82) is 0 Å². The van der Waals surface area contributed by atoms with Crippen LogP contribution in [0.4, 0.5) is 0 Å². The van der Waals surface area contributed by atoms with Crippen LogP contribution in [-0.4, -0.2) is 29.1 Å². The van der Waals surface area contributed by atoms with Gasteiger partial charge in [0.1, 0.15) is 0 Å². The molecule has 2 heterocycles. The van der Waals surface area contributed by atoms with Crippen LogP contribution in [-0.2, 0) is 11.3 Å². The van der Waals surface area contributed by atoms with E-state index in [1.54, 1.807) is 11.3 Å². The number of hydrogen-bond acceptors (Lipinski definition) is 3. The van der Waals surface area contributed by atoms with Crippen molar-refractivity contribution in [1.82, 2.24) is 4.90 Å². The molecule has 88 valence electrons. The molecule has 0 aromatic carbocycles. The van der Waals surface area contributed by atoms with E-state index in [1.165, 1.54) is 5.56 Å². The summed E-state index contributed by atoms with van der Waals surface area (Å²) in [6.07, 6.45) is 1.32. The maximum absolute atomic E-state index is 10.6. The van der Waals surface area contributed by atoms with Crippen LogP contribution in [0.5, 0.6) is 0 Å². The molecule has 0 spiro atoms. The number of carboxylic acids is 1. The fraction of sp³-hybridized carbons (Fsp3) is 0.545. The summed E-state index contributed by atoms with van der Waals surface area (Å²) in [5.41, 5.74) is 1.31. The first-order valence-corrected chi connectivity index (χ1v) is 6.98. The zero-order valence-electron chi connectivity index (χ0n) is 8.86. The second kappa shape index (κ2) is 5.29. The van der Waals surface area contributed by atoms with Crippen molar-refractivity contribution < 1.29 is 9.90 Å². The Labute approximate surface area is 107 Å².